The Balaban J connectivity index is 1.36. The van der Waals surface area contributed by atoms with Gasteiger partial charge in [-0.2, -0.15) is 0 Å². The number of hydrogen-bond acceptors (Lipinski definition) is 6. The van der Waals surface area contributed by atoms with Crippen LogP contribution in [0.4, 0.5) is 0 Å². The van der Waals surface area contributed by atoms with Crippen LogP contribution in [-0.4, -0.2) is 71.4 Å². The average Bonchev–Trinajstić information content (AvgIpc) is 3.18. The van der Waals surface area contributed by atoms with Gasteiger partial charge in [0.15, 0.2) is 0 Å². The van der Waals surface area contributed by atoms with E-state index in [1.165, 1.54) is 4.88 Å². The number of pyridine rings is 1. The molecule has 0 bridgehead atoms. The van der Waals surface area contributed by atoms with Gasteiger partial charge in [-0.15, -0.1) is 11.3 Å². The maximum atomic E-state index is 13.0. The summed E-state index contributed by atoms with van der Waals surface area (Å²) in [6, 6.07) is 3.95. The summed E-state index contributed by atoms with van der Waals surface area (Å²) < 4.78 is 0. The molecule has 1 aliphatic carbocycles. The molecule has 1 saturated heterocycles. The molecule has 0 aromatic carbocycles. The van der Waals surface area contributed by atoms with E-state index in [1.54, 1.807) is 30.8 Å². The van der Waals surface area contributed by atoms with Crippen molar-refractivity contribution in [3.8, 4) is 10.6 Å². The Bertz CT molecular complexity index is 846. The number of nitrogens with zero attached hydrogens (tertiary/aromatic N) is 4. The van der Waals surface area contributed by atoms with E-state index in [1.807, 2.05) is 17.0 Å². The van der Waals surface area contributed by atoms with Crippen LogP contribution in [0.25, 0.3) is 10.6 Å². The molecule has 2 aromatic heterocycles. The highest BCUT2D eigenvalue weighted by molar-refractivity contribution is 7.15. The van der Waals surface area contributed by atoms with Crippen LogP contribution < -0.4 is 5.32 Å². The molecule has 1 unspecified atom stereocenters. The third kappa shape index (κ3) is 4.07. The van der Waals surface area contributed by atoms with Gasteiger partial charge in [0, 0.05) is 68.4 Å². The van der Waals surface area contributed by atoms with Crippen molar-refractivity contribution in [2.45, 2.75) is 19.3 Å². The van der Waals surface area contributed by atoms with Gasteiger partial charge < -0.3 is 10.2 Å². The van der Waals surface area contributed by atoms with E-state index in [9.17, 15) is 9.59 Å². The number of aryl methyl sites for hydroxylation is 1. The summed E-state index contributed by atoms with van der Waals surface area (Å²) in [6.07, 6.45) is 6.11. The molecule has 7 nitrogen and oxygen atoms in total. The zero-order valence-electron chi connectivity index (χ0n) is 16.1. The second kappa shape index (κ2) is 8.36. The molecule has 8 heteroatoms. The van der Waals surface area contributed by atoms with Crippen LogP contribution >= 0.6 is 11.3 Å². The maximum Gasteiger partial charge on any atom is 0.233 e. The Morgan fingerprint density at radius 1 is 1.21 bits per heavy atom. The van der Waals surface area contributed by atoms with Crippen molar-refractivity contribution in [1.29, 1.82) is 0 Å². The molecule has 148 valence electrons. The van der Waals surface area contributed by atoms with Gasteiger partial charge in [0.05, 0.1) is 12.2 Å². The molecule has 1 atom stereocenters. The van der Waals surface area contributed by atoms with E-state index < -0.39 is 0 Å². The second-order valence-electron chi connectivity index (χ2n) is 7.34. The Hall–Kier alpha value is -2.32. The van der Waals surface area contributed by atoms with Crippen molar-refractivity contribution >= 4 is 23.2 Å². The largest absolute Gasteiger partial charge is 0.358 e. The first-order valence-corrected chi connectivity index (χ1v) is 10.6. The van der Waals surface area contributed by atoms with Crippen LogP contribution in [0, 0.1) is 5.92 Å². The van der Waals surface area contributed by atoms with E-state index in [-0.39, 0.29) is 17.7 Å². The number of hydrogen-bond donors (Lipinski definition) is 1. The highest BCUT2D eigenvalue weighted by Crippen LogP contribution is 2.35. The normalized spacial score (nSPS) is 19.9. The fourth-order valence-corrected chi connectivity index (χ4v) is 4.98. The van der Waals surface area contributed by atoms with Gasteiger partial charge in [-0.1, -0.05) is 0 Å². The summed E-state index contributed by atoms with van der Waals surface area (Å²) >= 11 is 1.74. The van der Waals surface area contributed by atoms with E-state index in [4.69, 9.17) is 4.98 Å². The average molecular weight is 400 g/mol. The molecule has 2 aliphatic rings. The summed E-state index contributed by atoms with van der Waals surface area (Å²) in [4.78, 5) is 38.8. The molecule has 3 heterocycles. The first kappa shape index (κ1) is 19.0. The number of fused-ring (bicyclic) bond motifs is 1. The van der Waals surface area contributed by atoms with Crippen LogP contribution in [0.15, 0.2) is 24.5 Å². The summed E-state index contributed by atoms with van der Waals surface area (Å²) in [5, 5.41) is 3.67. The molecule has 1 fully saturated rings. The molecular formula is C20H25N5O2S. The minimum Gasteiger partial charge on any atom is -0.358 e. The van der Waals surface area contributed by atoms with Gasteiger partial charge in [-0.25, -0.2) is 4.98 Å². The molecule has 0 radical (unpaired) electrons. The van der Waals surface area contributed by atoms with Crippen LogP contribution in [0.3, 0.4) is 0 Å². The number of rotatable bonds is 4. The Kier molecular flexibility index (Phi) is 5.68. The summed E-state index contributed by atoms with van der Waals surface area (Å²) in [7, 11) is 1.65. The summed E-state index contributed by atoms with van der Waals surface area (Å²) in [6.45, 7) is 3.29. The third-order valence-corrected chi connectivity index (χ3v) is 6.75. The molecule has 1 N–H and O–H groups in total. The van der Waals surface area contributed by atoms with Crippen LogP contribution in [-0.2, 0) is 22.4 Å². The Morgan fingerprint density at radius 2 is 1.96 bits per heavy atom. The van der Waals surface area contributed by atoms with Gasteiger partial charge in [0.2, 0.25) is 11.8 Å². The highest BCUT2D eigenvalue weighted by atomic mass is 32.1. The zero-order chi connectivity index (χ0) is 19.5. The zero-order valence-corrected chi connectivity index (χ0v) is 16.9. The lowest BCUT2D eigenvalue weighted by Crippen LogP contribution is -2.52. The van der Waals surface area contributed by atoms with Crippen LogP contribution in [0.1, 0.15) is 17.0 Å². The number of likely N-dealkylation sites (N-methyl/N-ethyl adjacent to an activating group) is 1. The number of carbonyl (C=O) groups is 2. The van der Waals surface area contributed by atoms with Crippen LogP contribution in [0.2, 0.25) is 0 Å². The van der Waals surface area contributed by atoms with Gasteiger partial charge >= 0.3 is 0 Å². The number of carbonyl (C=O) groups excluding carboxylic acids is 2. The number of piperazine rings is 1. The first-order chi connectivity index (χ1) is 13.6. The number of amides is 2. The van der Waals surface area contributed by atoms with Crippen molar-refractivity contribution in [2.75, 3.05) is 39.8 Å². The quantitative estimate of drug-likeness (QED) is 0.836. The molecule has 0 saturated carbocycles. The minimum atomic E-state index is 0.0189. The van der Waals surface area contributed by atoms with E-state index in [0.29, 0.717) is 19.6 Å². The Labute approximate surface area is 168 Å². The minimum absolute atomic E-state index is 0.0189. The number of aromatic nitrogens is 2. The van der Waals surface area contributed by atoms with Crippen molar-refractivity contribution < 1.29 is 9.59 Å². The molecule has 2 aromatic rings. The van der Waals surface area contributed by atoms with Crippen molar-refractivity contribution in [3.05, 3.63) is 35.1 Å². The van der Waals surface area contributed by atoms with Gasteiger partial charge in [0.1, 0.15) is 5.01 Å². The number of thiazole rings is 1. The fraction of sp³-hybridized carbons (Fsp3) is 0.500. The van der Waals surface area contributed by atoms with E-state index in [0.717, 1.165) is 48.6 Å². The molecule has 4 rings (SSSR count). The van der Waals surface area contributed by atoms with E-state index in [2.05, 4.69) is 15.2 Å². The van der Waals surface area contributed by atoms with Crippen molar-refractivity contribution in [3.63, 3.8) is 0 Å². The van der Waals surface area contributed by atoms with Gasteiger partial charge in [-0.3, -0.25) is 19.5 Å². The molecule has 0 spiro atoms. The van der Waals surface area contributed by atoms with Crippen LogP contribution in [0.5, 0.6) is 0 Å². The smallest absolute Gasteiger partial charge is 0.233 e. The molecule has 1 aliphatic heterocycles. The van der Waals surface area contributed by atoms with Crippen molar-refractivity contribution in [2.24, 2.45) is 5.92 Å². The highest BCUT2D eigenvalue weighted by Gasteiger charge is 2.32. The molecular weight excluding hydrogens is 374 g/mol. The lowest BCUT2D eigenvalue weighted by molar-refractivity contribution is -0.137. The maximum absolute atomic E-state index is 13.0. The SMILES string of the molecule is CNC(=O)CN1CCN(C(=O)C2CCc3sc(-c4ccncc4)nc3C2)CC1. The molecule has 28 heavy (non-hydrogen) atoms. The second-order valence-corrected chi connectivity index (χ2v) is 8.42. The Morgan fingerprint density at radius 3 is 2.68 bits per heavy atom. The van der Waals surface area contributed by atoms with Gasteiger partial charge in [0.25, 0.3) is 0 Å². The predicted molar refractivity (Wildman–Crippen MR) is 108 cm³/mol. The predicted octanol–water partition coefficient (Wildman–Crippen LogP) is 1.20. The first-order valence-electron chi connectivity index (χ1n) is 9.74. The lowest BCUT2D eigenvalue weighted by atomic mass is 9.89. The fourth-order valence-electron chi connectivity index (χ4n) is 3.87. The summed E-state index contributed by atoms with van der Waals surface area (Å²) in [5.41, 5.74) is 2.17. The third-order valence-electron chi connectivity index (χ3n) is 5.54. The monoisotopic (exact) mass is 399 g/mol. The molecule has 2 amide bonds. The summed E-state index contributed by atoms with van der Waals surface area (Å²) in [5.74, 6) is 0.280. The van der Waals surface area contributed by atoms with Crippen molar-refractivity contribution in [1.82, 2.24) is 25.1 Å². The van der Waals surface area contributed by atoms with Gasteiger partial charge in [-0.05, 0) is 25.0 Å². The lowest BCUT2D eigenvalue weighted by Gasteiger charge is -2.36. The number of nitrogens with one attached hydrogen (secondary N) is 1. The van der Waals surface area contributed by atoms with E-state index >= 15 is 0 Å². The standard InChI is InChI=1S/C20H25N5O2S/c1-21-18(26)13-24-8-10-25(11-9-24)20(27)15-2-3-17-16(12-15)23-19(28-17)14-4-6-22-7-5-14/h4-7,15H,2-3,8-13H2,1H3,(H,21,26). The topological polar surface area (TPSA) is 78.4 Å².